The van der Waals surface area contributed by atoms with E-state index < -0.39 is 18.0 Å². The summed E-state index contributed by atoms with van der Waals surface area (Å²) < 4.78 is 0. The molecule has 0 bridgehead atoms. The minimum atomic E-state index is -1.42. The molecule has 0 radical (unpaired) electrons. The monoisotopic (exact) mass is 143 g/mol. The molecule has 5 heteroatoms. The molecule has 0 spiro atoms. The number of rotatable bonds is 1. The molecule has 0 saturated carbocycles. The van der Waals surface area contributed by atoms with Gasteiger partial charge in [0.2, 0.25) is 0 Å². The summed E-state index contributed by atoms with van der Waals surface area (Å²) in [5.41, 5.74) is 4.83. The summed E-state index contributed by atoms with van der Waals surface area (Å²) in [5.74, 6) is 0.667. The van der Waals surface area contributed by atoms with Crippen LogP contribution in [-0.2, 0) is 9.59 Å². The predicted octanol–water partition coefficient (Wildman–Crippen LogP) is -1.51. The lowest BCUT2D eigenvalue weighted by Gasteiger charge is -1.91. The van der Waals surface area contributed by atoms with E-state index in [1.54, 1.807) is 5.92 Å². The van der Waals surface area contributed by atoms with E-state index in [1.807, 2.05) is 5.92 Å². The number of carboxylic acid groups (broad SMARTS) is 2. The highest BCUT2D eigenvalue weighted by molar-refractivity contribution is 5.88. The molecule has 0 saturated heterocycles. The third-order valence-electron chi connectivity index (χ3n) is 0.601. The third kappa shape index (κ3) is 3.46. The molecule has 0 amide bonds. The van der Waals surface area contributed by atoms with E-state index in [0.717, 1.165) is 0 Å². The molecule has 0 aromatic heterocycles. The van der Waals surface area contributed by atoms with E-state index in [1.165, 1.54) is 0 Å². The molecule has 0 heterocycles. The van der Waals surface area contributed by atoms with Gasteiger partial charge in [-0.2, -0.15) is 0 Å². The zero-order valence-electron chi connectivity index (χ0n) is 4.87. The Morgan fingerprint density at radius 3 is 2.20 bits per heavy atom. The first kappa shape index (κ1) is 8.46. The summed E-state index contributed by atoms with van der Waals surface area (Å²) in [7, 11) is 0. The molecular formula is C5H5NO4. The largest absolute Gasteiger partial charge is 0.479 e. The van der Waals surface area contributed by atoms with Crippen molar-refractivity contribution in [3.63, 3.8) is 0 Å². The molecule has 4 N–H and O–H groups in total. The zero-order valence-corrected chi connectivity index (χ0v) is 4.87. The molecule has 0 fully saturated rings. The van der Waals surface area contributed by atoms with Gasteiger partial charge < -0.3 is 15.9 Å². The Morgan fingerprint density at radius 1 is 1.40 bits per heavy atom. The zero-order chi connectivity index (χ0) is 8.15. The second-order valence-corrected chi connectivity index (χ2v) is 1.39. The van der Waals surface area contributed by atoms with Crippen LogP contribution in [0, 0.1) is 11.8 Å². The molecule has 1 unspecified atom stereocenters. The maximum absolute atomic E-state index is 9.89. The highest BCUT2D eigenvalue weighted by atomic mass is 16.4. The number of aliphatic carboxylic acids is 2. The van der Waals surface area contributed by atoms with E-state index >= 15 is 0 Å². The van der Waals surface area contributed by atoms with Gasteiger partial charge in [-0.05, 0) is 0 Å². The summed E-state index contributed by atoms with van der Waals surface area (Å²) in [4.78, 5) is 19.6. The predicted molar refractivity (Wildman–Crippen MR) is 31.0 cm³/mol. The molecule has 54 valence electrons. The van der Waals surface area contributed by atoms with Crippen LogP contribution in [0.15, 0.2) is 0 Å². The van der Waals surface area contributed by atoms with Crippen LogP contribution in [0.4, 0.5) is 0 Å². The molecule has 0 aliphatic heterocycles. The molecule has 0 aliphatic rings. The lowest BCUT2D eigenvalue weighted by atomic mass is 10.3. The topological polar surface area (TPSA) is 101 Å². The van der Waals surface area contributed by atoms with Gasteiger partial charge in [0.05, 0.1) is 0 Å². The average Bonchev–Trinajstić information content (AvgIpc) is 1.82. The van der Waals surface area contributed by atoms with Crippen molar-refractivity contribution >= 4 is 11.9 Å². The number of nitrogens with two attached hydrogens (primary N) is 1. The second-order valence-electron chi connectivity index (χ2n) is 1.39. The summed E-state index contributed by atoms with van der Waals surface area (Å²) in [6, 6.07) is -1.42. The maximum atomic E-state index is 9.89. The van der Waals surface area contributed by atoms with Gasteiger partial charge in [0.25, 0.3) is 0 Å². The van der Waals surface area contributed by atoms with Gasteiger partial charge in [0, 0.05) is 5.92 Å². The molecule has 5 nitrogen and oxygen atoms in total. The summed E-state index contributed by atoms with van der Waals surface area (Å²) >= 11 is 0. The third-order valence-corrected chi connectivity index (χ3v) is 0.601. The van der Waals surface area contributed by atoms with Crippen molar-refractivity contribution in [2.24, 2.45) is 5.73 Å². The second kappa shape index (κ2) is 3.48. The van der Waals surface area contributed by atoms with Crippen molar-refractivity contribution in [2.45, 2.75) is 6.04 Å². The lowest BCUT2D eigenvalue weighted by Crippen LogP contribution is -2.28. The number of carbonyl (C=O) groups is 2. The highest BCUT2D eigenvalue weighted by Gasteiger charge is 2.05. The van der Waals surface area contributed by atoms with Crippen molar-refractivity contribution in [2.75, 3.05) is 0 Å². The van der Waals surface area contributed by atoms with Crippen molar-refractivity contribution < 1.29 is 19.8 Å². The Balaban J connectivity index is 4.05. The Bertz CT molecular complexity index is 211. The van der Waals surface area contributed by atoms with Crippen molar-refractivity contribution in [1.82, 2.24) is 0 Å². The molecule has 0 aromatic rings. The maximum Gasteiger partial charge on any atom is 0.381 e. The Labute approximate surface area is 56.4 Å². The van der Waals surface area contributed by atoms with Gasteiger partial charge in [-0.1, -0.05) is 5.92 Å². The summed E-state index contributed by atoms with van der Waals surface area (Å²) in [5, 5.41) is 16.0. The van der Waals surface area contributed by atoms with E-state index in [9.17, 15) is 9.59 Å². The van der Waals surface area contributed by atoms with Gasteiger partial charge in [0.15, 0.2) is 6.04 Å². The van der Waals surface area contributed by atoms with Crippen LogP contribution in [0.5, 0.6) is 0 Å². The lowest BCUT2D eigenvalue weighted by molar-refractivity contribution is -0.137. The van der Waals surface area contributed by atoms with Crippen molar-refractivity contribution in [3.8, 4) is 11.8 Å². The minimum absolute atomic E-state index is 1.34. The van der Waals surface area contributed by atoms with E-state index in [0.29, 0.717) is 0 Å². The van der Waals surface area contributed by atoms with Crippen LogP contribution in [0.1, 0.15) is 0 Å². The Morgan fingerprint density at radius 2 is 1.90 bits per heavy atom. The molecular weight excluding hydrogens is 138 g/mol. The molecule has 10 heavy (non-hydrogen) atoms. The fraction of sp³-hybridized carbons (Fsp3) is 0.200. The van der Waals surface area contributed by atoms with Crippen LogP contribution in [0.25, 0.3) is 0 Å². The highest BCUT2D eigenvalue weighted by Crippen LogP contribution is 1.72. The molecule has 0 aromatic carbocycles. The molecule has 1 atom stereocenters. The van der Waals surface area contributed by atoms with Crippen LogP contribution in [0.3, 0.4) is 0 Å². The van der Waals surface area contributed by atoms with Gasteiger partial charge in [-0.25, -0.2) is 9.59 Å². The van der Waals surface area contributed by atoms with Crippen molar-refractivity contribution in [3.05, 3.63) is 0 Å². The van der Waals surface area contributed by atoms with Crippen LogP contribution in [0.2, 0.25) is 0 Å². The Kier molecular flexibility index (Phi) is 2.94. The average molecular weight is 143 g/mol. The van der Waals surface area contributed by atoms with Gasteiger partial charge in [0.1, 0.15) is 0 Å². The number of carboxylic acids is 2. The fourth-order valence-corrected chi connectivity index (χ4v) is 0.201. The van der Waals surface area contributed by atoms with Crippen molar-refractivity contribution in [1.29, 1.82) is 0 Å². The van der Waals surface area contributed by atoms with Crippen LogP contribution in [-0.4, -0.2) is 28.2 Å². The standard InChI is InChI=1S/C5H5NO4/c6-3(5(9)10)1-2-4(7)8/h3H,6H2,(H,7,8)(H,9,10). The minimum Gasteiger partial charge on any atom is -0.479 e. The SMILES string of the molecule is NC(C#CC(=O)O)C(=O)O. The van der Waals surface area contributed by atoms with E-state index in [2.05, 4.69) is 0 Å². The quantitative estimate of drug-likeness (QED) is 0.387. The fourth-order valence-electron chi connectivity index (χ4n) is 0.201. The molecule has 0 aliphatic carbocycles. The van der Waals surface area contributed by atoms with Gasteiger partial charge >= 0.3 is 11.9 Å². The number of hydrogen-bond acceptors (Lipinski definition) is 3. The van der Waals surface area contributed by atoms with Crippen LogP contribution < -0.4 is 5.73 Å². The molecule has 0 rings (SSSR count). The first-order valence-corrected chi connectivity index (χ1v) is 2.27. The van der Waals surface area contributed by atoms with E-state index in [-0.39, 0.29) is 0 Å². The van der Waals surface area contributed by atoms with Gasteiger partial charge in [-0.15, -0.1) is 0 Å². The normalized spacial score (nSPS) is 10.9. The van der Waals surface area contributed by atoms with Crippen LogP contribution >= 0.6 is 0 Å². The summed E-state index contributed by atoms with van der Waals surface area (Å²) in [6.45, 7) is 0. The Hall–Kier alpha value is -1.54. The first-order chi connectivity index (χ1) is 4.54. The smallest absolute Gasteiger partial charge is 0.381 e. The first-order valence-electron chi connectivity index (χ1n) is 2.27. The summed E-state index contributed by atoms with van der Waals surface area (Å²) in [6.07, 6.45) is 0. The number of hydrogen-bond donors (Lipinski definition) is 3. The van der Waals surface area contributed by atoms with E-state index in [4.69, 9.17) is 15.9 Å². The van der Waals surface area contributed by atoms with Gasteiger partial charge in [-0.3, -0.25) is 0 Å².